The molecule has 0 spiro atoms. The number of nitrogens with zero attached hydrogens (tertiary/aromatic N) is 2. The van der Waals surface area contributed by atoms with Crippen LogP contribution in [-0.4, -0.2) is 31.3 Å². The Bertz CT molecular complexity index is 1140. The summed E-state index contributed by atoms with van der Waals surface area (Å²) in [6, 6.07) is 8.73. The molecule has 0 N–H and O–H groups in total. The van der Waals surface area contributed by atoms with Crippen molar-refractivity contribution >= 4 is 9.84 Å². The first-order valence-corrected chi connectivity index (χ1v) is 9.71. The van der Waals surface area contributed by atoms with Crippen molar-refractivity contribution in [3.8, 4) is 22.7 Å². The van der Waals surface area contributed by atoms with Gasteiger partial charge >= 0.3 is 6.18 Å². The fourth-order valence-electron chi connectivity index (χ4n) is 2.75. The number of hydrogen-bond acceptors (Lipinski definition) is 4. The molecule has 28 heavy (non-hydrogen) atoms. The Labute approximate surface area is 158 Å². The third kappa shape index (κ3) is 3.72. The molecule has 10 heteroatoms. The van der Waals surface area contributed by atoms with Crippen molar-refractivity contribution in [2.24, 2.45) is 0 Å². The molecule has 1 aromatic heterocycles. The molecule has 0 aliphatic rings. The molecular weight excluding hydrogens is 400 g/mol. The summed E-state index contributed by atoms with van der Waals surface area (Å²) in [6.45, 7) is 0. The summed E-state index contributed by atoms with van der Waals surface area (Å²) in [6.07, 6.45) is -3.10. The number of sulfone groups is 1. The molecule has 0 fully saturated rings. The number of ether oxygens (including phenoxy) is 1. The number of benzene rings is 2. The molecule has 2 aromatic carbocycles. The van der Waals surface area contributed by atoms with Crippen LogP contribution in [0.15, 0.2) is 53.6 Å². The Morgan fingerprint density at radius 2 is 1.82 bits per heavy atom. The van der Waals surface area contributed by atoms with Crippen molar-refractivity contribution in [1.82, 2.24) is 9.55 Å². The van der Waals surface area contributed by atoms with Gasteiger partial charge in [0.25, 0.3) is 0 Å². The Hall–Kier alpha value is -2.88. The maximum atomic E-state index is 13.6. The van der Waals surface area contributed by atoms with Crippen LogP contribution in [0.4, 0.5) is 17.6 Å². The van der Waals surface area contributed by atoms with Gasteiger partial charge in [-0.3, -0.25) is 4.57 Å². The van der Waals surface area contributed by atoms with E-state index in [9.17, 15) is 26.0 Å². The zero-order valence-electron chi connectivity index (χ0n) is 14.7. The third-order valence-corrected chi connectivity index (χ3v) is 5.07. The number of rotatable bonds is 4. The molecule has 0 saturated heterocycles. The van der Waals surface area contributed by atoms with Crippen LogP contribution in [0.5, 0.6) is 5.75 Å². The second-order valence-electron chi connectivity index (χ2n) is 5.92. The zero-order valence-corrected chi connectivity index (χ0v) is 15.5. The van der Waals surface area contributed by atoms with Gasteiger partial charge in [-0.05, 0) is 30.3 Å². The molecule has 148 valence electrons. The van der Waals surface area contributed by atoms with Crippen LogP contribution in [0.3, 0.4) is 0 Å². The van der Waals surface area contributed by atoms with Gasteiger partial charge in [0, 0.05) is 11.8 Å². The first-order valence-electron chi connectivity index (χ1n) is 7.81. The highest BCUT2D eigenvalue weighted by atomic mass is 32.2. The van der Waals surface area contributed by atoms with E-state index >= 15 is 0 Å². The lowest BCUT2D eigenvalue weighted by Crippen LogP contribution is -2.16. The molecule has 1 heterocycles. The molecular formula is C18H14F4N2O3S. The van der Waals surface area contributed by atoms with E-state index in [-0.39, 0.29) is 11.4 Å². The lowest BCUT2D eigenvalue weighted by molar-refractivity contribution is -0.145. The Morgan fingerprint density at radius 1 is 1.11 bits per heavy atom. The molecule has 0 saturated carbocycles. The predicted octanol–water partition coefficient (Wildman–Crippen LogP) is 4.11. The number of aromatic nitrogens is 2. The van der Waals surface area contributed by atoms with Gasteiger partial charge in [0.1, 0.15) is 11.6 Å². The summed E-state index contributed by atoms with van der Waals surface area (Å²) in [7, 11) is -2.63. The van der Waals surface area contributed by atoms with Crippen molar-refractivity contribution in [3.05, 3.63) is 60.3 Å². The first-order chi connectivity index (χ1) is 13.0. The van der Waals surface area contributed by atoms with Gasteiger partial charge in [-0.1, -0.05) is 12.1 Å². The molecule has 0 atom stereocenters. The fraction of sp³-hybridized carbons (Fsp3) is 0.167. The summed E-state index contributed by atoms with van der Waals surface area (Å²) in [5.41, 5.74) is -0.0691. The largest absolute Gasteiger partial charge is 0.497 e. The van der Waals surface area contributed by atoms with Gasteiger partial charge in [-0.2, -0.15) is 13.2 Å². The van der Waals surface area contributed by atoms with Crippen LogP contribution in [0.25, 0.3) is 16.9 Å². The van der Waals surface area contributed by atoms with Crippen LogP contribution in [-0.2, 0) is 16.0 Å². The average molecular weight is 414 g/mol. The minimum Gasteiger partial charge on any atom is -0.497 e. The molecule has 3 rings (SSSR count). The first kappa shape index (κ1) is 19.9. The van der Waals surface area contributed by atoms with E-state index in [1.807, 2.05) is 0 Å². The fourth-order valence-corrected chi connectivity index (χ4v) is 3.62. The quantitative estimate of drug-likeness (QED) is 0.603. The van der Waals surface area contributed by atoms with E-state index in [1.165, 1.54) is 19.2 Å². The predicted molar refractivity (Wildman–Crippen MR) is 93.6 cm³/mol. The Kier molecular flexibility index (Phi) is 4.92. The standard InChI is InChI=1S/C18H14F4N2O3S/c1-27-13-5-3-4-11(8-13)15-10-23-17(18(20,21)22)24(15)14-7-6-12(19)9-16(14)28(2,25)26/h3-10H,1-2H3. The van der Waals surface area contributed by atoms with Gasteiger partial charge in [0.2, 0.25) is 5.82 Å². The van der Waals surface area contributed by atoms with Crippen LogP contribution >= 0.6 is 0 Å². The van der Waals surface area contributed by atoms with Crippen molar-refractivity contribution in [1.29, 1.82) is 0 Å². The van der Waals surface area contributed by atoms with E-state index < -0.39 is 32.6 Å². The van der Waals surface area contributed by atoms with Crippen molar-refractivity contribution < 1.29 is 30.7 Å². The summed E-state index contributed by atoms with van der Waals surface area (Å²) in [5.74, 6) is -1.83. The maximum absolute atomic E-state index is 13.6. The molecule has 0 unspecified atom stereocenters. The van der Waals surface area contributed by atoms with Crippen LogP contribution in [0, 0.1) is 5.82 Å². The van der Waals surface area contributed by atoms with Gasteiger partial charge in [-0.25, -0.2) is 17.8 Å². The van der Waals surface area contributed by atoms with Gasteiger partial charge in [0.15, 0.2) is 9.84 Å². The minimum atomic E-state index is -4.87. The molecule has 3 aromatic rings. The monoisotopic (exact) mass is 414 g/mol. The number of alkyl halides is 3. The average Bonchev–Trinajstić information content (AvgIpc) is 3.06. The number of imidazole rings is 1. The van der Waals surface area contributed by atoms with Crippen molar-refractivity contribution in [3.63, 3.8) is 0 Å². The second-order valence-corrected chi connectivity index (χ2v) is 7.90. The molecule has 0 bridgehead atoms. The topological polar surface area (TPSA) is 61.2 Å². The van der Waals surface area contributed by atoms with Gasteiger partial charge in [-0.15, -0.1) is 0 Å². The molecule has 0 aliphatic carbocycles. The van der Waals surface area contributed by atoms with E-state index in [1.54, 1.807) is 12.1 Å². The zero-order chi connectivity index (χ0) is 20.7. The molecule has 0 aliphatic heterocycles. The Morgan fingerprint density at radius 3 is 2.43 bits per heavy atom. The lowest BCUT2D eigenvalue weighted by Gasteiger charge is -2.17. The van der Waals surface area contributed by atoms with E-state index in [0.717, 1.165) is 24.6 Å². The highest BCUT2D eigenvalue weighted by molar-refractivity contribution is 7.90. The smallest absolute Gasteiger partial charge is 0.450 e. The number of methoxy groups -OCH3 is 1. The van der Waals surface area contributed by atoms with Gasteiger partial charge < -0.3 is 4.74 Å². The maximum Gasteiger partial charge on any atom is 0.450 e. The summed E-state index contributed by atoms with van der Waals surface area (Å²) < 4.78 is 84.4. The number of halogens is 4. The summed E-state index contributed by atoms with van der Waals surface area (Å²) in [4.78, 5) is 2.87. The van der Waals surface area contributed by atoms with Gasteiger partial charge in [0.05, 0.1) is 29.6 Å². The molecule has 0 amide bonds. The lowest BCUT2D eigenvalue weighted by atomic mass is 10.1. The minimum absolute atomic E-state index is 0.0252. The Balaban J connectivity index is 2.39. The highest BCUT2D eigenvalue weighted by Crippen LogP contribution is 2.37. The summed E-state index contributed by atoms with van der Waals surface area (Å²) in [5, 5.41) is 0. The van der Waals surface area contributed by atoms with Crippen molar-refractivity contribution in [2.45, 2.75) is 11.1 Å². The molecule has 5 nitrogen and oxygen atoms in total. The normalized spacial score (nSPS) is 12.2. The van der Waals surface area contributed by atoms with E-state index in [4.69, 9.17) is 4.74 Å². The van der Waals surface area contributed by atoms with Crippen LogP contribution in [0.1, 0.15) is 5.82 Å². The van der Waals surface area contributed by atoms with Crippen LogP contribution < -0.4 is 4.74 Å². The van der Waals surface area contributed by atoms with Crippen LogP contribution in [0.2, 0.25) is 0 Å². The number of hydrogen-bond donors (Lipinski definition) is 0. The SMILES string of the molecule is COc1cccc(-c2cnc(C(F)(F)F)n2-c2ccc(F)cc2S(C)(=O)=O)c1. The third-order valence-electron chi connectivity index (χ3n) is 3.94. The van der Waals surface area contributed by atoms with E-state index in [0.29, 0.717) is 21.9 Å². The molecule has 0 radical (unpaired) electrons. The summed E-state index contributed by atoms with van der Waals surface area (Å²) >= 11 is 0. The van der Waals surface area contributed by atoms with E-state index in [2.05, 4.69) is 4.98 Å². The second kappa shape index (κ2) is 6.93. The highest BCUT2D eigenvalue weighted by Gasteiger charge is 2.39. The van der Waals surface area contributed by atoms with Crippen molar-refractivity contribution in [2.75, 3.05) is 13.4 Å².